The fourth-order valence-corrected chi connectivity index (χ4v) is 0.793. The van der Waals surface area contributed by atoms with E-state index < -0.39 is 0 Å². The van der Waals surface area contributed by atoms with Crippen LogP contribution in [0.15, 0.2) is 31.0 Å². The van der Waals surface area contributed by atoms with Gasteiger partial charge >= 0.3 is 0 Å². The Kier molecular flexibility index (Phi) is 2.55. The van der Waals surface area contributed by atoms with E-state index in [1.165, 1.54) is 0 Å². The molecule has 0 saturated heterocycles. The number of nitrogens with zero attached hydrogens (tertiary/aromatic N) is 1. The van der Waals surface area contributed by atoms with Crippen LogP contribution in [0.2, 0.25) is 0 Å². The minimum absolute atomic E-state index is 0.470. The number of allylic oxidation sites excluding steroid dienone is 1. The first-order chi connectivity index (χ1) is 5.36. The lowest BCUT2D eigenvalue weighted by atomic mass is 10.2. The molecule has 0 aromatic carbocycles. The van der Waals surface area contributed by atoms with Gasteiger partial charge in [0.25, 0.3) is 0 Å². The molecule has 0 N–H and O–H groups in total. The molecule has 56 valence electrons. The normalized spacial score (nSPS) is 9.09. The molecule has 1 aromatic rings. The van der Waals surface area contributed by atoms with Crippen LogP contribution in [-0.2, 0) is 6.42 Å². The molecule has 2 heteroatoms. The smallest absolute Gasteiger partial charge is 0.168 e. The first-order valence-corrected chi connectivity index (χ1v) is 3.38. The number of hydrogen-bond donors (Lipinski definition) is 0. The van der Waals surface area contributed by atoms with E-state index in [1.807, 2.05) is 6.07 Å². The van der Waals surface area contributed by atoms with Crippen molar-refractivity contribution >= 4 is 6.29 Å². The number of pyridine rings is 1. The van der Waals surface area contributed by atoms with E-state index in [9.17, 15) is 4.79 Å². The van der Waals surface area contributed by atoms with Crippen molar-refractivity contribution < 1.29 is 4.79 Å². The van der Waals surface area contributed by atoms with Crippen LogP contribution in [0.5, 0.6) is 0 Å². The van der Waals surface area contributed by atoms with Crippen LogP contribution in [-0.4, -0.2) is 11.3 Å². The Morgan fingerprint density at radius 3 is 2.82 bits per heavy atom. The van der Waals surface area contributed by atoms with Gasteiger partial charge in [-0.25, -0.2) is 0 Å². The molecule has 0 spiro atoms. The van der Waals surface area contributed by atoms with Crippen LogP contribution in [0.4, 0.5) is 0 Å². The largest absolute Gasteiger partial charge is 0.296 e. The highest BCUT2D eigenvalue weighted by Crippen LogP contribution is 1.99. The molecule has 0 unspecified atom stereocenters. The van der Waals surface area contributed by atoms with Crippen LogP contribution in [0.1, 0.15) is 16.1 Å². The molecular weight excluding hydrogens is 138 g/mol. The van der Waals surface area contributed by atoms with E-state index in [2.05, 4.69) is 11.6 Å². The average Bonchev–Trinajstić information content (AvgIpc) is 2.07. The molecule has 0 aliphatic heterocycles. The third-order valence-electron chi connectivity index (χ3n) is 1.35. The maximum atomic E-state index is 10.2. The molecule has 1 heterocycles. The monoisotopic (exact) mass is 147 g/mol. The van der Waals surface area contributed by atoms with Crippen LogP contribution in [0, 0.1) is 0 Å². The Balaban J connectivity index is 2.81. The molecule has 11 heavy (non-hydrogen) atoms. The van der Waals surface area contributed by atoms with Gasteiger partial charge in [0.15, 0.2) is 6.29 Å². The highest BCUT2D eigenvalue weighted by atomic mass is 16.1. The van der Waals surface area contributed by atoms with Gasteiger partial charge in [0, 0.05) is 6.20 Å². The van der Waals surface area contributed by atoms with Gasteiger partial charge in [-0.15, -0.1) is 6.58 Å². The molecule has 0 amide bonds. The fourth-order valence-electron chi connectivity index (χ4n) is 0.793. The topological polar surface area (TPSA) is 30.0 Å². The third-order valence-corrected chi connectivity index (χ3v) is 1.35. The Hall–Kier alpha value is -1.44. The molecule has 0 radical (unpaired) electrons. The second kappa shape index (κ2) is 3.66. The lowest BCUT2D eigenvalue weighted by Crippen LogP contribution is -1.88. The van der Waals surface area contributed by atoms with Crippen LogP contribution < -0.4 is 0 Å². The highest BCUT2D eigenvalue weighted by molar-refractivity contribution is 5.71. The number of carbonyl (C=O) groups excluding carboxylic acids is 1. The summed E-state index contributed by atoms with van der Waals surface area (Å²) in [5.74, 6) is 0. The quantitative estimate of drug-likeness (QED) is 0.480. The van der Waals surface area contributed by atoms with Crippen molar-refractivity contribution in [3.05, 3.63) is 42.2 Å². The van der Waals surface area contributed by atoms with Crippen molar-refractivity contribution in [2.24, 2.45) is 0 Å². The van der Waals surface area contributed by atoms with Crippen LogP contribution in [0.3, 0.4) is 0 Å². The van der Waals surface area contributed by atoms with E-state index in [0.717, 1.165) is 18.3 Å². The summed E-state index contributed by atoms with van der Waals surface area (Å²) in [5, 5.41) is 0. The Morgan fingerprint density at radius 1 is 1.55 bits per heavy atom. The Morgan fingerprint density at radius 2 is 2.36 bits per heavy atom. The van der Waals surface area contributed by atoms with E-state index in [1.54, 1.807) is 18.3 Å². The second-order valence-corrected chi connectivity index (χ2v) is 2.20. The standard InChI is InChI=1S/C9H9NO/c1-2-3-8-4-5-9(7-11)10-6-8/h2,4-7H,1,3H2. The Bertz CT molecular complexity index is 251. The molecule has 1 rings (SSSR count). The maximum Gasteiger partial charge on any atom is 0.168 e. The number of hydrogen-bond acceptors (Lipinski definition) is 2. The zero-order chi connectivity index (χ0) is 8.10. The van der Waals surface area contributed by atoms with E-state index in [4.69, 9.17) is 0 Å². The summed E-state index contributed by atoms with van der Waals surface area (Å²) in [6, 6.07) is 3.57. The van der Waals surface area contributed by atoms with Gasteiger partial charge in [-0.05, 0) is 18.1 Å². The third kappa shape index (κ3) is 2.00. The molecular formula is C9H9NO. The van der Waals surface area contributed by atoms with Gasteiger partial charge < -0.3 is 0 Å². The maximum absolute atomic E-state index is 10.2. The molecule has 0 bridgehead atoms. The molecule has 0 aliphatic carbocycles. The number of aromatic nitrogens is 1. The summed E-state index contributed by atoms with van der Waals surface area (Å²) in [6.07, 6.45) is 5.02. The van der Waals surface area contributed by atoms with Gasteiger partial charge in [0.05, 0.1) is 0 Å². The lowest BCUT2D eigenvalue weighted by Gasteiger charge is -1.93. The van der Waals surface area contributed by atoms with Crippen LogP contribution >= 0.6 is 0 Å². The summed E-state index contributed by atoms with van der Waals surface area (Å²) < 4.78 is 0. The Labute approximate surface area is 65.6 Å². The molecule has 2 nitrogen and oxygen atoms in total. The highest BCUT2D eigenvalue weighted by Gasteiger charge is 1.91. The van der Waals surface area contributed by atoms with Crippen LogP contribution in [0.25, 0.3) is 0 Å². The number of aldehydes is 1. The van der Waals surface area contributed by atoms with E-state index >= 15 is 0 Å². The summed E-state index contributed by atoms with van der Waals surface area (Å²) in [7, 11) is 0. The number of carbonyl (C=O) groups is 1. The van der Waals surface area contributed by atoms with E-state index in [-0.39, 0.29) is 0 Å². The predicted octanol–water partition coefficient (Wildman–Crippen LogP) is 1.62. The molecule has 0 atom stereocenters. The minimum Gasteiger partial charge on any atom is -0.296 e. The molecule has 0 aliphatic rings. The minimum atomic E-state index is 0.470. The first kappa shape index (κ1) is 7.66. The lowest BCUT2D eigenvalue weighted by molar-refractivity contribution is 0.111. The van der Waals surface area contributed by atoms with Gasteiger partial charge in [0.2, 0.25) is 0 Å². The van der Waals surface area contributed by atoms with Crippen molar-refractivity contribution in [2.45, 2.75) is 6.42 Å². The van der Waals surface area contributed by atoms with Crippen molar-refractivity contribution in [1.82, 2.24) is 4.98 Å². The summed E-state index contributed by atoms with van der Waals surface area (Å²) >= 11 is 0. The van der Waals surface area contributed by atoms with E-state index in [0.29, 0.717) is 5.69 Å². The van der Waals surface area contributed by atoms with Gasteiger partial charge in [-0.3, -0.25) is 9.78 Å². The first-order valence-electron chi connectivity index (χ1n) is 3.38. The molecule has 0 fully saturated rings. The summed E-state index contributed by atoms with van der Waals surface area (Å²) in [4.78, 5) is 14.1. The van der Waals surface area contributed by atoms with Crippen molar-refractivity contribution in [1.29, 1.82) is 0 Å². The number of rotatable bonds is 3. The zero-order valence-electron chi connectivity index (χ0n) is 6.16. The van der Waals surface area contributed by atoms with Gasteiger partial charge in [-0.2, -0.15) is 0 Å². The predicted molar refractivity (Wildman–Crippen MR) is 43.5 cm³/mol. The summed E-state index contributed by atoms with van der Waals surface area (Å²) in [6.45, 7) is 3.60. The van der Waals surface area contributed by atoms with Crippen molar-refractivity contribution in [3.63, 3.8) is 0 Å². The van der Waals surface area contributed by atoms with Gasteiger partial charge in [-0.1, -0.05) is 12.1 Å². The molecule has 0 saturated carbocycles. The van der Waals surface area contributed by atoms with Crippen molar-refractivity contribution in [3.8, 4) is 0 Å². The summed E-state index contributed by atoms with van der Waals surface area (Å²) in [5.41, 5.74) is 1.54. The second-order valence-electron chi connectivity index (χ2n) is 2.20. The average molecular weight is 147 g/mol. The zero-order valence-corrected chi connectivity index (χ0v) is 6.16. The SMILES string of the molecule is C=CCc1ccc(C=O)nc1. The van der Waals surface area contributed by atoms with Gasteiger partial charge in [0.1, 0.15) is 5.69 Å². The van der Waals surface area contributed by atoms with Crippen molar-refractivity contribution in [2.75, 3.05) is 0 Å². The fraction of sp³-hybridized carbons (Fsp3) is 0.111. The molecule has 1 aromatic heterocycles.